The van der Waals surface area contributed by atoms with Crippen LogP contribution in [-0.2, 0) is 24.3 Å². The van der Waals surface area contributed by atoms with Crippen LogP contribution < -0.4 is 10.6 Å². The molecule has 0 amide bonds. The van der Waals surface area contributed by atoms with Crippen LogP contribution in [0.15, 0.2) is 46.8 Å². The quantitative estimate of drug-likeness (QED) is 0.526. The van der Waals surface area contributed by atoms with Crippen molar-refractivity contribution in [3.05, 3.63) is 57.8 Å². The molecule has 0 atom stereocenters. The fraction of sp³-hybridized carbons (Fsp3) is 0.450. The van der Waals surface area contributed by atoms with Crippen molar-refractivity contribution in [3.63, 3.8) is 0 Å². The van der Waals surface area contributed by atoms with Gasteiger partial charge in [-0.05, 0) is 49.8 Å². The van der Waals surface area contributed by atoms with Crippen LogP contribution in [0.2, 0.25) is 0 Å². The molecule has 0 saturated carbocycles. The van der Waals surface area contributed by atoms with E-state index in [2.05, 4.69) is 73.2 Å². The van der Waals surface area contributed by atoms with Crippen molar-refractivity contribution in [1.29, 1.82) is 0 Å². The van der Waals surface area contributed by atoms with E-state index >= 15 is 0 Å². The van der Waals surface area contributed by atoms with Gasteiger partial charge >= 0.3 is 0 Å². The number of thiophene rings is 1. The zero-order valence-corrected chi connectivity index (χ0v) is 16.2. The summed E-state index contributed by atoms with van der Waals surface area (Å²) in [5.41, 5.74) is 2.39. The van der Waals surface area contributed by atoms with E-state index in [9.17, 15) is 0 Å². The highest BCUT2D eigenvalue weighted by Crippen LogP contribution is 2.10. The topological polar surface area (TPSA) is 45.7 Å². The normalized spacial score (nSPS) is 11.8. The summed E-state index contributed by atoms with van der Waals surface area (Å²) in [6, 6.07) is 12.7. The highest BCUT2D eigenvalue weighted by molar-refractivity contribution is 7.09. The van der Waals surface area contributed by atoms with Gasteiger partial charge in [0.25, 0.3) is 0 Å². The maximum absolute atomic E-state index is 5.68. The number of rotatable bonds is 9. The van der Waals surface area contributed by atoms with Gasteiger partial charge in [0.1, 0.15) is 0 Å². The Bertz CT molecular complexity index is 638. The van der Waals surface area contributed by atoms with E-state index in [0.29, 0.717) is 13.2 Å². The van der Waals surface area contributed by atoms with E-state index in [1.165, 1.54) is 16.0 Å². The third-order valence-electron chi connectivity index (χ3n) is 3.58. The van der Waals surface area contributed by atoms with Crippen LogP contribution in [0, 0.1) is 0 Å². The smallest absolute Gasteiger partial charge is 0.191 e. The third kappa shape index (κ3) is 7.71. The highest BCUT2D eigenvalue weighted by atomic mass is 32.1. The van der Waals surface area contributed by atoms with E-state index in [4.69, 9.17) is 9.73 Å². The number of aliphatic imine (C=N–C) groups is 1. The predicted octanol–water partition coefficient (Wildman–Crippen LogP) is 3.97. The van der Waals surface area contributed by atoms with E-state index < -0.39 is 0 Å². The lowest BCUT2D eigenvalue weighted by molar-refractivity contribution is 0.0657. The second kappa shape index (κ2) is 10.9. The van der Waals surface area contributed by atoms with Crippen LogP contribution in [0.25, 0.3) is 0 Å². The van der Waals surface area contributed by atoms with Crippen molar-refractivity contribution in [2.24, 2.45) is 4.99 Å². The zero-order valence-electron chi connectivity index (χ0n) is 15.4. The Hall–Kier alpha value is -1.85. The van der Waals surface area contributed by atoms with Crippen molar-refractivity contribution in [1.82, 2.24) is 10.6 Å². The minimum absolute atomic E-state index is 0.245. The molecule has 0 aliphatic carbocycles. The van der Waals surface area contributed by atoms with Crippen molar-refractivity contribution in [2.45, 2.75) is 46.4 Å². The number of ether oxygens (including phenoxy) is 1. The Labute approximate surface area is 155 Å². The van der Waals surface area contributed by atoms with E-state index in [1.54, 1.807) is 11.3 Å². The van der Waals surface area contributed by atoms with Crippen molar-refractivity contribution in [3.8, 4) is 0 Å². The lowest BCUT2D eigenvalue weighted by atomic mass is 10.1. The summed E-state index contributed by atoms with van der Waals surface area (Å²) in [4.78, 5) is 6.09. The number of benzene rings is 1. The van der Waals surface area contributed by atoms with Gasteiger partial charge < -0.3 is 15.4 Å². The first kappa shape index (κ1) is 19.5. The molecule has 5 heteroatoms. The van der Waals surface area contributed by atoms with Crippen LogP contribution in [0.5, 0.6) is 0 Å². The van der Waals surface area contributed by atoms with Gasteiger partial charge in [-0.2, -0.15) is 0 Å². The van der Waals surface area contributed by atoms with Crippen molar-refractivity contribution in [2.75, 3.05) is 13.1 Å². The first-order valence-corrected chi connectivity index (χ1v) is 9.79. The lowest BCUT2D eigenvalue weighted by Crippen LogP contribution is -2.38. The molecular formula is C20H29N3OS. The van der Waals surface area contributed by atoms with Crippen LogP contribution in [0.1, 0.15) is 36.8 Å². The Balaban J connectivity index is 1.87. The molecule has 0 spiro atoms. The molecule has 4 nitrogen and oxygen atoms in total. The van der Waals surface area contributed by atoms with Gasteiger partial charge in [0.2, 0.25) is 0 Å². The number of guanidine groups is 1. The summed E-state index contributed by atoms with van der Waals surface area (Å²) in [5.74, 6) is 0.864. The monoisotopic (exact) mass is 359 g/mol. The maximum atomic E-state index is 5.68. The summed E-state index contributed by atoms with van der Waals surface area (Å²) in [7, 11) is 0. The van der Waals surface area contributed by atoms with Crippen LogP contribution in [0.4, 0.5) is 0 Å². The Kier molecular flexibility index (Phi) is 8.49. The summed E-state index contributed by atoms with van der Waals surface area (Å²) in [5, 5.41) is 8.83. The van der Waals surface area contributed by atoms with Gasteiger partial charge in [-0.3, -0.25) is 0 Å². The molecule has 25 heavy (non-hydrogen) atoms. The van der Waals surface area contributed by atoms with Gasteiger partial charge in [-0.15, -0.1) is 11.3 Å². The lowest BCUT2D eigenvalue weighted by Gasteiger charge is -2.11. The molecular weight excluding hydrogens is 330 g/mol. The molecule has 0 saturated heterocycles. The van der Waals surface area contributed by atoms with Gasteiger partial charge in [0.15, 0.2) is 5.96 Å². The zero-order chi connectivity index (χ0) is 17.9. The molecule has 0 aliphatic heterocycles. The molecule has 136 valence electrons. The fourth-order valence-corrected chi connectivity index (χ4v) is 3.06. The number of hydrogen-bond donors (Lipinski definition) is 2. The Morgan fingerprint density at radius 1 is 1.16 bits per heavy atom. The SMILES string of the molecule is CCNC(=NCc1cccc(COC(C)C)c1)NCCc1cccs1. The van der Waals surface area contributed by atoms with E-state index in [0.717, 1.165) is 25.5 Å². The van der Waals surface area contributed by atoms with E-state index in [1.807, 2.05) is 0 Å². The van der Waals surface area contributed by atoms with E-state index in [-0.39, 0.29) is 6.10 Å². The summed E-state index contributed by atoms with van der Waals surface area (Å²) in [6.45, 7) is 9.23. The molecule has 0 unspecified atom stereocenters. The van der Waals surface area contributed by atoms with Crippen molar-refractivity contribution >= 4 is 17.3 Å². The number of nitrogens with zero attached hydrogens (tertiary/aromatic N) is 1. The molecule has 0 bridgehead atoms. The summed E-state index contributed by atoms with van der Waals surface area (Å²) in [6.07, 6.45) is 1.26. The number of nitrogens with one attached hydrogen (secondary N) is 2. The minimum Gasteiger partial charge on any atom is -0.374 e. The van der Waals surface area contributed by atoms with Gasteiger partial charge in [0.05, 0.1) is 19.3 Å². The second-order valence-electron chi connectivity index (χ2n) is 6.13. The molecule has 0 radical (unpaired) electrons. The molecule has 1 heterocycles. The molecule has 2 N–H and O–H groups in total. The second-order valence-corrected chi connectivity index (χ2v) is 7.16. The summed E-state index contributed by atoms with van der Waals surface area (Å²) >= 11 is 1.79. The predicted molar refractivity (Wildman–Crippen MR) is 107 cm³/mol. The molecule has 2 rings (SSSR count). The average molecular weight is 360 g/mol. The van der Waals surface area contributed by atoms with Gasteiger partial charge in [0, 0.05) is 18.0 Å². The van der Waals surface area contributed by atoms with Crippen molar-refractivity contribution < 1.29 is 4.74 Å². The first-order valence-electron chi connectivity index (χ1n) is 8.91. The Morgan fingerprint density at radius 3 is 2.72 bits per heavy atom. The van der Waals surface area contributed by atoms with Crippen LogP contribution in [-0.4, -0.2) is 25.2 Å². The van der Waals surface area contributed by atoms with Crippen LogP contribution >= 0.6 is 11.3 Å². The van der Waals surface area contributed by atoms with Gasteiger partial charge in [-0.25, -0.2) is 4.99 Å². The Morgan fingerprint density at radius 2 is 2.00 bits per heavy atom. The van der Waals surface area contributed by atoms with Crippen LogP contribution in [0.3, 0.4) is 0 Å². The molecule has 1 aromatic carbocycles. The third-order valence-corrected chi connectivity index (χ3v) is 4.52. The van der Waals surface area contributed by atoms with Gasteiger partial charge in [-0.1, -0.05) is 30.3 Å². The average Bonchev–Trinajstić information content (AvgIpc) is 3.12. The first-order chi connectivity index (χ1) is 12.2. The summed E-state index contributed by atoms with van der Waals surface area (Å²) < 4.78 is 5.68. The standard InChI is InChI=1S/C20H29N3OS/c1-4-21-20(22-11-10-19-9-6-12-25-19)23-14-17-7-5-8-18(13-17)15-24-16(2)3/h5-9,12-13,16H,4,10-11,14-15H2,1-3H3,(H2,21,22,23). The number of hydrogen-bond acceptors (Lipinski definition) is 3. The highest BCUT2D eigenvalue weighted by Gasteiger charge is 2.01. The minimum atomic E-state index is 0.245. The molecule has 0 fully saturated rings. The fourth-order valence-electron chi connectivity index (χ4n) is 2.35. The maximum Gasteiger partial charge on any atom is 0.191 e. The molecule has 1 aromatic heterocycles. The molecule has 0 aliphatic rings. The molecule has 2 aromatic rings. The largest absolute Gasteiger partial charge is 0.374 e.